The van der Waals surface area contributed by atoms with Crippen molar-refractivity contribution in [3.8, 4) is 0 Å². The summed E-state index contributed by atoms with van der Waals surface area (Å²) in [6, 6.07) is 4.45. The molecule has 1 aliphatic rings. The molecule has 2 amide bonds. The van der Waals surface area contributed by atoms with Crippen LogP contribution in [0.25, 0.3) is 0 Å². The van der Waals surface area contributed by atoms with Crippen molar-refractivity contribution in [1.82, 2.24) is 5.32 Å². The van der Waals surface area contributed by atoms with E-state index < -0.39 is 11.6 Å². The second-order valence-electron chi connectivity index (χ2n) is 5.20. The summed E-state index contributed by atoms with van der Waals surface area (Å²) in [6.45, 7) is 5.45. The Balaban J connectivity index is 2.56. The molecular weight excluding hydrogens is 311 g/mol. The summed E-state index contributed by atoms with van der Waals surface area (Å²) in [5, 5.41) is 3.50. The third-order valence-electron chi connectivity index (χ3n) is 4.16. The summed E-state index contributed by atoms with van der Waals surface area (Å²) in [5.74, 6) is -0.335. The standard InChI is InChI=1S/C15H18Cl2N2O2/c1-4-15(5-2)14(21)19(9(3)13(20)18-15)11-8-6-7-10(16)12(11)17/h6-9H,4-5H2,1-3H3,(H,18,20). The summed E-state index contributed by atoms with van der Waals surface area (Å²) in [7, 11) is 0. The van der Waals surface area contributed by atoms with Crippen molar-refractivity contribution in [1.29, 1.82) is 0 Å². The maximum atomic E-state index is 12.9. The van der Waals surface area contributed by atoms with E-state index in [-0.39, 0.29) is 16.8 Å². The first-order valence-corrected chi connectivity index (χ1v) is 7.73. The van der Waals surface area contributed by atoms with Crippen LogP contribution in [0.3, 0.4) is 0 Å². The maximum absolute atomic E-state index is 12.9. The zero-order chi connectivity index (χ0) is 15.8. The second kappa shape index (κ2) is 5.85. The summed E-state index contributed by atoms with van der Waals surface area (Å²) >= 11 is 12.3. The van der Waals surface area contributed by atoms with E-state index in [9.17, 15) is 9.59 Å². The van der Waals surface area contributed by atoms with Gasteiger partial charge in [0.1, 0.15) is 11.6 Å². The van der Waals surface area contributed by atoms with E-state index in [1.807, 2.05) is 13.8 Å². The van der Waals surface area contributed by atoms with Crippen molar-refractivity contribution in [2.75, 3.05) is 4.90 Å². The zero-order valence-electron chi connectivity index (χ0n) is 12.2. The van der Waals surface area contributed by atoms with Gasteiger partial charge in [-0.05, 0) is 31.9 Å². The highest BCUT2D eigenvalue weighted by molar-refractivity contribution is 6.44. The number of hydrogen-bond donors (Lipinski definition) is 1. The van der Waals surface area contributed by atoms with E-state index in [4.69, 9.17) is 23.2 Å². The van der Waals surface area contributed by atoms with Crippen molar-refractivity contribution in [3.63, 3.8) is 0 Å². The van der Waals surface area contributed by atoms with Crippen LogP contribution in [0.1, 0.15) is 33.6 Å². The number of amides is 2. The largest absolute Gasteiger partial charge is 0.340 e. The lowest BCUT2D eigenvalue weighted by atomic mass is 9.87. The van der Waals surface area contributed by atoms with Crippen LogP contribution >= 0.6 is 23.2 Å². The van der Waals surface area contributed by atoms with Gasteiger partial charge in [-0.2, -0.15) is 0 Å². The molecule has 2 rings (SSSR count). The van der Waals surface area contributed by atoms with E-state index in [0.717, 1.165) is 0 Å². The van der Waals surface area contributed by atoms with Crippen molar-refractivity contribution >= 4 is 40.7 Å². The number of halogens is 2. The molecule has 1 aromatic carbocycles. The molecule has 1 aliphatic heterocycles. The smallest absolute Gasteiger partial charge is 0.253 e. The van der Waals surface area contributed by atoms with E-state index in [1.165, 1.54) is 4.90 Å². The topological polar surface area (TPSA) is 49.4 Å². The number of rotatable bonds is 3. The van der Waals surface area contributed by atoms with Crippen LogP contribution in [0.15, 0.2) is 18.2 Å². The van der Waals surface area contributed by atoms with Gasteiger partial charge in [-0.15, -0.1) is 0 Å². The van der Waals surface area contributed by atoms with Crippen molar-refractivity contribution in [2.24, 2.45) is 0 Å². The third-order valence-corrected chi connectivity index (χ3v) is 4.96. The maximum Gasteiger partial charge on any atom is 0.253 e. The first kappa shape index (κ1) is 16.1. The van der Waals surface area contributed by atoms with Gasteiger partial charge in [0.2, 0.25) is 5.91 Å². The van der Waals surface area contributed by atoms with Crippen LogP contribution in [0.4, 0.5) is 5.69 Å². The van der Waals surface area contributed by atoms with Gasteiger partial charge in [-0.1, -0.05) is 43.1 Å². The highest BCUT2D eigenvalue weighted by atomic mass is 35.5. The Bertz CT molecular complexity index is 585. The molecule has 21 heavy (non-hydrogen) atoms. The molecule has 1 aromatic rings. The second-order valence-corrected chi connectivity index (χ2v) is 5.99. The number of piperazine rings is 1. The van der Waals surface area contributed by atoms with Crippen LogP contribution in [-0.2, 0) is 9.59 Å². The van der Waals surface area contributed by atoms with Crippen LogP contribution in [0.2, 0.25) is 10.0 Å². The molecule has 1 heterocycles. The molecule has 6 heteroatoms. The third kappa shape index (κ3) is 2.51. The number of anilines is 1. The molecular formula is C15H18Cl2N2O2. The lowest BCUT2D eigenvalue weighted by molar-refractivity contribution is -0.138. The van der Waals surface area contributed by atoms with Gasteiger partial charge in [-0.25, -0.2) is 0 Å². The normalized spacial score (nSPS) is 21.4. The van der Waals surface area contributed by atoms with Crippen LogP contribution in [-0.4, -0.2) is 23.4 Å². The fourth-order valence-corrected chi connectivity index (χ4v) is 3.03. The minimum absolute atomic E-state index is 0.149. The quantitative estimate of drug-likeness (QED) is 0.924. The number of benzene rings is 1. The van der Waals surface area contributed by atoms with Gasteiger partial charge in [0, 0.05) is 0 Å². The molecule has 1 unspecified atom stereocenters. The Morgan fingerprint density at radius 2 is 1.86 bits per heavy atom. The number of carbonyl (C=O) groups is 2. The van der Waals surface area contributed by atoms with Crippen LogP contribution in [0.5, 0.6) is 0 Å². The van der Waals surface area contributed by atoms with Gasteiger partial charge in [0.05, 0.1) is 15.7 Å². The molecule has 0 spiro atoms. The molecule has 1 saturated heterocycles. The molecule has 0 saturated carbocycles. The summed E-state index contributed by atoms with van der Waals surface area (Å²) in [4.78, 5) is 26.7. The lowest BCUT2D eigenvalue weighted by Crippen LogP contribution is -2.69. The average Bonchev–Trinajstić information content (AvgIpc) is 2.47. The number of nitrogens with one attached hydrogen (secondary N) is 1. The minimum Gasteiger partial charge on any atom is -0.340 e. The van der Waals surface area contributed by atoms with Gasteiger partial charge in [-0.3, -0.25) is 14.5 Å². The highest BCUT2D eigenvalue weighted by Crippen LogP contribution is 2.37. The van der Waals surface area contributed by atoms with E-state index >= 15 is 0 Å². The Morgan fingerprint density at radius 3 is 2.43 bits per heavy atom. The Hall–Kier alpha value is -1.26. The van der Waals surface area contributed by atoms with E-state index in [2.05, 4.69) is 5.32 Å². The van der Waals surface area contributed by atoms with Gasteiger partial charge < -0.3 is 5.32 Å². The molecule has 1 N–H and O–H groups in total. The summed E-state index contributed by atoms with van der Waals surface area (Å²) in [5.41, 5.74) is -0.405. The molecule has 114 valence electrons. The fraction of sp³-hybridized carbons (Fsp3) is 0.467. The first-order valence-electron chi connectivity index (χ1n) is 6.97. The minimum atomic E-state index is -0.880. The van der Waals surface area contributed by atoms with E-state index in [0.29, 0.717) is 23.6 Å². The number of carbonyl (C=O) groups excluding carboxylic acids is 2. The van der Waals surface area contributed by atoms with Crippen LogP contribution < -0.4 is 10.2 Å². The fourth-order valence-electron chi connectivity index (χ4n) is 2.64. The van der Waals surface area contributed by atoms with Gasteiger partial charge >= 0.3 is 0 Å². The Kier molecular flexibility index (Phi) is 4.49. The molecule has 0 bridgehead atoms. The zero-order valence-corrected chi connectivity index (χ0v) is 13.8. The molecule has 1 fully saturated rings. The lowest BCUT2D eigenvalue weighted by Gasteiger charge is -2.44. The SMILES string of the molecule is CCC1(CC)NC(=O)C(C)N(c2cccc(Cl)c2Cl)C1=O. The van der Waals surface area contributed by atoms with Crippen molar-refractivity contribution in [2.45, 2.75) is 45.2 Å². The molecule has 4 nitrogen and oxygen atoms in total. The molecule has 1 atom stereocenters. The molecule has 0 aromatic heterocycles. The van der Waals surface area contributed by atoms with E-state index in [1.54, 1.807) is 25.1 Å². The Labute approximate surface area is 134 Å². The predicted octanol–water partition coefficient (Wildman–Crippen LogP) is 3.40. The predicted molar refractivity (Wildman–Crippen MR) is 84.9 cm³/mol. The van der Waals surface area contributed by atoms with Crippen LogP contribution in [0, 0.1) is 0 Å². The highest BCUT2D eigenvalue weighted by Gasteiger charge is 2.48. The van der Waals surface area contributed by atoms with Gasteiger partial charge in [0.15, 0.2) is 0 Å². The Morgan fingerprint density at radius 1 is 1.24 bits per heavy atom. The summed E-state index contributed by atoms with van der Waals surface area (Å²) in [6.07, 6.45) is 1.05. The number of nitrogens with zero attached hydrogens (tertiary/aromatic N) is 1. The van der Waals surface area contributed by atoms with Crippen molar-refractivity contribution < 1.29 is 9.59 Å². The summed E-state index contributed by atoms with van der Waals surface area (Å²) < 4.78 is 0. The monoisotopic (exact) mass is 328 g/mol. The first-order chi connectivity index (χ1) is 9.88. The van der Waals surface area contributed by atoms with Gasteiger partial charge in [0.25, 0.3) is 5.91 Å². The number of hydrogen-bond acceptors (Lipinski definition) is 2. The molecule has 0 aliphatic carbocycles. The molecule has 0 radical (unpaired) electrons. The van der Waals surface area contributed by atoms with Crippen molar-refractivity contribution in [3.05, 3.63) is 28.2 Å². The average molecular weight is 329 g/mol.